The van der Waals surface area contributed by atoms with Crippen molar-refractivity contribution in [2.24, 2.45) is 10.9 Å². The summed E-state index contributed by atoms with van der Waals surface area (Å²) < 4.78 is 0. The van der Waals surface area contributed by atoms with E-state index in [2.05, 4.69) is 37.6 Å². The Bertz CT molecular complexity index is 793. The average molecular weight is 411 g/mol. The van der Waals surface area contributed by atoms with Crippen LogP contribution >= 0.6 is 11.3 Å². The Kier molecular flexibility index (Phi) is 6.03. The van der Waals surface area contributed by atoms with Crippen LogP contribution in [0.2, 0.25) is 0 Å². The summed E-state index contributed by atoms with van der Waals surface area (Å²) in [5.41, 5.74) is 1.44. The number of amides is 1. The molecule has 28 heavy (non-hydrogen) atoms. The number of carbonyl (C=O) groups excluding carboxylic acids is 1. The Hall–Kier alpha value is -0.890. The number of rotatable bonds is 3. The van der Waals surface area contributed by atoms with E-state index in [9.17, 15) is 9.90 Å². The minimum absolute atomic E-state index is 0. The van der Waals surface area contributed by atoms with Gasteiger partial charge in [-0.2, -0.15) is 0 Å². The molecule has 0 spiro atoms. The summed E-state index contributed by atoms with van der Waals surface area (Å²) in [4.78, 5) is 25.3. The second kappa shape index (κ2) is 7.74. The zero-order valence-electron chi connectivity index (χ0n) is 17.5. The Morgan fingerprint density at radius 3 is 2.50 bits per heavy atom. The molecule has 8 heteroatoms. The number of amidine groups is 1. The van der Waals surface area contributed by atoms with Crippen LogP contribution in [0.3, 0.4) is 0 Å². The van der Waals surface area contributed by atoms with Crippen LogP contribution < -0.4 is 39.6 Å². The quantitative estimate of drug-likeness (QED) is 0.670. The van der Waals surface area contributed by atoms with Gasteiger partial charge in [0.05, 0.1) is 5.69 Å². The van der Waals surface area contributed by atoms with E-state index < -0.39 is 6.09 Å². The van der Waals surface area contributed by atoms with Gasteiger partial charge < -0.3 is 19.7 Å². The van der Waals surface area contributed by atoms with Gasteiger partial charge in [-0.3, -0.25) is 0 Å². The van der Waals surface area contributed by atoms with E-state index in [4.69, 9.17) is 4.98 Å². The fourth-order valence-corrected chi connectivity index (χ4v) is 5.12. The number of hydrogen-bond donors (Lipinski definition) is 0. The van der Waals surface area contributed by atoms with Crippen LogP contribution in [0.5, 0.6) is 0 Å². The van der Waals surface area contributed by atoms with Crippen molar-refractivity contribution in [3.63, 3.8) is 0 Å². The van der Waals surface area contributed by atoms with Gasteiger partial charge in [-0.05, 0) is 37.7 Å². The Morgan fingerprint density at radius 2 is 1.96 bits per heavy atom. The predicted octanol–water partition coefficient (Wildman–Crippen LogP) is 0.241. The number of carboxylic acid groups (broad SMARTS) is 1. The number of aliphatic imine (C=N–C) groups is 1. The van der Waals surface area contributed by atoms with Crippen LogP contribution in [0, 0.1) is 5.92 Å². The van der Waals surface area contributed by atoms with Crippen LogP contribution in [0.25, 0.3) is 0 Å². The zero-order valence-corrected chi connectivity index (χ0v) is 20.3. The van der Waals surface area contributed by atoms with Gasteiger partial charge in [0, 0.05) is 28.5 Å². The van der Waals surface area contributed by atoms with Crippen molar-refractivity contribution in [2.45, 2.75) is 64.2 Å². The van der Waals surface area contributed by atoms with Crippen molar-refractivity contribution in [3.8, 4) is 0 Å². The number of hydrogen-bond acceptors (Lipinski definition) is 6. The van der Waals surface area contributed by atoms with Gasteiger partial charge in [0.1, 0.15) is 18.6 Å². The second-order valence-electron chi connectivity index (χ2n) is 9.21. The molecule has 2 heterocycles. The molecule has 0 aromatic carbocycles. The summed E-state index contributed by atoms with van der Waals surface area (Å²) in [6, 6.07) is 0. The number of carbonyl (C=O) groups is 1. The van der Waals surface area contributed by atoms with Crippen molar-refractivity contribution in [1.29, 1.82) is 0 Å². The fourth-order valence-electron chi connectivity index (χ4n) is 3.73. The molecule has 0 saturated heterocycles. The van der Waals surface area contributed by atoms with E-state index in [0.717, 1.165) is 28.8 Å². The van der Waals surface area contributed by atoms with Gasteiger partial charge in [0.25, 0.3) is 0 Å². The minimum Gasteiger partial charge on any atom is -0.530 e. The monoisotopic (exact) mass is 410 g/mol. The first-order chi connectivity index (χ1) is 12.7. The molecule has 1 fully saturated rings. The van der Waals surface area contributed by atoms with Crippen molar-refractivity contribution >= 4 is 28.4 Å². The van der Waals surface area contributed by atoms with E-state index in [1.54, 1.807) is 23.6 Å². The van der Waals surface area contributed by atoms with Crippen molar-refractivity contribution < 1.29 is 39.5 Å². The third-order valence-corrected chi connectivity index (χ3v) is 7.36. The van der Waals surface area contributed by atoms with Crippen LogP contribution in [0.4, 0.5) is 9.93 Å². The molecule has 1 aromatic heterocycles. The van der Waals surface area contributed by atoms with E-state index in [-0.39, 0.29) is 47.1 Å². The molecule has 4 rings (SSSR count). The molecular weight excluding hydrogens is 383 g/mol. The van der Waals surface area contributed by atoms with Gasteiger partial charge in [-0.15, -0.1) is 11.3 Å². The van der Waals surface area contributed by atoms with Gasteiger partial charge >= 0.3 is 29.6 Å². The van der Waals surface area contributed by atoms with Crippen molar-refractivity contribution in [3.05, 3.63) is 22.8 Å². The number of aromatic nitrogens is 1. The van der Waals surface area contributed by atoms with E-state index in [1.165, 1.54) is 29.8 Å². The van der Waals surface area contributed by atoms with Gasteiger partial charge in [-0.25, -0.2) is 9.98 Å². The summed E-state index contributed by atoms with van der Waals surface area (Å²) in [6.45, 7) is 10.2. The van der Waals surface area contributed by atoms with E-state index in [1.807, 2.05) is 0 Å². The molecule has 1 saturated carbocycles. The van der Waals surface area contributed by atoms with Gasteiger partial charge in [0.2, 0.25) is 0 Å². The molecule has 0 atom stereocenters. The number of thiazole rings is 1. The van der Waals surface area contributed by atoms with Crippen LogP contribution in [-0.4, -0.2) is 35.0 Å². The molecule has 1 aliphatic heterocycles. The maximum Gasteiger partial charge on any atom is 1.00 e. The number of nitrogens with zero attached hydrogens (tertiary/aromatic N) is 4. The van der Waals surface area contributed by atoms with Crippen LogP contribution in [0.15, 0.2) is 17.3 Å². The molecule has 0 N–H and O–H groups in total. The average Bonchev–Trinajstić information content (AvgIpc) is 3.31. The molecule has 6 nitrogen and oxygen atoms in total. The molecular formula is C20H27N4NaO2S. The smallest absolute Gasteiger partial charge is 0.530 e. The maximum absolute atomic E-state index is 11.0. The molecule has 0 bridgehead atoms. The first-order valence-corrected chi connectivity index (χ1v) is 10.5. The second-order valence-corrected chi connectivity index (χ2v) is 10.2. The molecule has 1 aromatic rings. The Morgan fingerprint density at radius 1 is 1.29 bits per heavy atom. The molecule has 0 unspecified atom stereocenters. The van der Waals surface area contributed by atoms with E-state index >= 15 is 0 Å². The van der Waals surface area contributed by atoms with Gasteiger partial charge in [-0.1, -0.05) is 27.7 Å². The fraction of sp³-hybridized carbons (Fsp3) is 0.650. The van der Waals surface area contributed by atoms with Crippen LogP contribution in [0.1, 0.15) is 63.9 Å². The SMILES string of the molecule is CC1(C)CCC(C)(C)c2sc(N(CC3CC3)C3=NCN(C(=O)[O-])C=C3)nc21.[Na+]. The van der Waals surface area contributed by atoms with E-state index in [0.29, 0.717) is 5.92 Å². The van der Waals surface area contributed by atoms with Crippen LogP contribution in [-0.2, 0) is 10.8 Å². The third-order valence-electron chi connectivity index (χ3n) is 5.91. The maximum atomic E-state index is 11.0. The summed E-state index contributed by atoms with van der Waals surface area (Å²) in [6.07, 6.45) is 6.86. The first kappa shape index (κ1) is 21.8. The topological polar surface area (TPSA) is 71.9 Å². The molecule has 0 radical (unpaired) electrons. The van der Waals surface area contributed by atoms with Crippen molar-refractivity contribution in [1.82, 2.24) is 9.88 Å². The van der Waals surface area contributed by atoms with Crippen molar-refractivity contribution in [2.75, 3.05) is 18.1 Å². The molecule has 2 aliphatic carbocycles. The predicted molar refractivity (Wildman–Crippen MR) is 106 cm³/mol. The number of anilines is 1. The number of fused-ring (bicyclic) bond motifs is 1. The summed E-state index contributed by atoms with van der Waals surface area (Å²) >= 11 is 1.78. The zero-order chi connectivity index (χ0) is 19.4. The third kappa shape index (κ3) is 4.18. The minimum atomic E-state index is -1.23. The Labute approximate surface area is 193 Å². The summed E-state index contributed by atoms with van der Waals surface area (Å²) in [5.74, 6) is 1.46. The normalized spacial score (nSPS) is 22.1. The largest absolute Gasteiger partial charge is 1.00 e. The standard InChI is InChI=1S/C20H28N4O2S.Na/c1-19(2)8-9-20(3,4)16-15(19)22-17(27-16)24(11-13-5-6-13)14-7-10-23(12-21-14)18(25)26;/h7,10,13H,5-6,8-9,11-12H2,1-4H3,(H,25,26);/q;+1/p-1. The molecule has 146 valence electrons. The Balaban J connectivity index is 0.00000225. The molecule has 3 aliphatic rings. The van der Waals surface area contributed by atoms with Gasteiger partial charge in [0.15, 0.2) is 5.13 Å². The molecule has 1 amide bonds. The summed E-state index contributed by atoms with van der Waals surface area (Å²) in [5, 5.41) is 12.0. The first-order valence-electron chi connectivity index (χ1n) is 9.67. The summed E-state index contributed by atoms with van der Waals surface area (Å²) in [7, 11) is 0.